The van der Waals surface area contributed by atoms with Crippen molar-refractivity contribution < 1.29 is 9.84 Å². The molecule has 112 valence electrons. The Morgan fingerprint density at radius 3 is 2.80 bits per heavy atom. The molecule has 0 bridgehead atoms. The van der Waals surface area contributed by atoms with E-state index in [0.717, 1.165) is 26.0 Å². The molecule has 1 aliphatic rings. The van der Waals surface area contributed by atoms with Crippen LogP contribution in [0.3, 0.4) is 0 Å². The number of nitrogens with zero attached hydrogens (tertiary/aromatic N) is 1. The average molecular weight is 277 g/mol. The quantitative estimate of drug-likeness (QED) is 0.866. The van der Waals surface area contributed by atoms with Crippen molar-refractivity contribution >= 4 is 0 Å². The Morgan fingerprint density at radius 1 is 1.35 bits per heavy atom. The molecule has 1 fully saturated rings. The Bertz CT molecular complexity index is 390. The fourth-order valence-corrected chi connectivity index (χ4v) is 2.89. The summed E-state index contributed by atoms with van der Waals surface area (Å²) in [6, 6.07) is 8.09. The number of ether oxygens (including phenoxy) is 1. The smallest absolute Gasteiger partial charge is 0.115 e. The van der Waals surface area contributed by atoms with Gasteiger partial charge in [-0.3, -0.25) is 4.90 Å². The first-order valence-corrected chi connectivity index (χ1v) is 7.82. The highest BCUT2D eigenvalue weighted by atomic mass is 16.5. The lowest BCUT2D eigenvalue weighted by Crippen LogP contribution is -2.45. The molecule has 3 nitrogen and oxygen atoms in total. The van der Waals surface area contributed by atoms with E-state index in [1.165, 1.54) is 24.9 Å². The van der Waals surface area contributed by atoms with E-state index in [-0.39, 0.29) is 0 Å². The molecule has 0 saturated carbocycles. The van der Waals surface area contributed by atoms with Crippen LogP contribution in [-0.2, 0) is 11.2 Å². The second kappa shape index (κ2) is 7.65. The molecule has 1 aliphatic heterocycles. The zero-order valence-electron chi connectivity index (χ0n) is 12.7. The molecule has 0 aliphatic carbocycles. The molecule has 1 aromatic rings. The van der Waals surface area contributed by atoms with Crippen LogP contribution in [0, 0.1) is 0 Å². The maximum Gasteiger partial charge on any atom is 0.115 e. The van der Waals surface area contributed by atoms with E-state index < -0.39 is 0 Å². The Hall–Kier alpha value is -1.06. The second-order valence-electron chi connectivity index (χ2n) is 5.85. The van der Waals surface area contributed by atoms with Crippen molar-refractivity contribution in [2.45, 2.75) is 51.7 Å². The summed E-state index contributed by atoms with van der Waals surface area (Å²) in [7, 11) is 0. The molecule has 0 amide bonds. The summed E-state index contributed by atoms with van der Waals surface area (Å²) in [4.78, 5) is 2.54. The van der Waals surface area contributed by atoms with Crippen molar-refractivity contribution in [2.75, 3.05) is 19.7 Å². The lowest BCUT2D eigenvalue weighted by atomic mass is 10.0. The highest BCUT2D eigenvalue weighted by Crippen LogP contribution is 2.19. The van der Waals surface area contributed by atoms with Gasteiger partial charge in [0.1, 0.15) is 5.75 Å². The van der Waals surface area contributed by atoms with E-state index >= 15 is 0 Å². The number of phenolic OH excluding ortho intramolecular Hbond substituents is 1. The van der Waals surface area contributed by atoms with Gasteiger partial charge in [0.25, 0.3) is 0 Å². The number of benzene rings is 1. The van der Waals surface area contributed by atoms with Gasteiger partial charge in [0, 0.05) is 19.2 Å². The minimum Gasteiger partial charge on any atom is -0.508 e. The predicted octanol–water partition coefficient (Wildman–Crippen LogP) is 3.21. The maximum absolute atomic E-state index is 9.33. The first-order valence-electron chi connectivity index (χ1n) is 7.82. The summed E-state index contributed by atoms with van der Waals surface area (Å²) in [5.41, 5.74) is 1.28. The van der Waals surface area contributed by atoms with Crippen LogP contribution in [0.5, 0.6) is 5.75 Å². The minimum atomic E-state index is 0.340. The number of aromatic hydroxyl groups is 1. The Morgan fingerprint density at radius 2 is 2.10 bits per heavy atom. The van der Waals surface area contributed by atoms with Gasteiger partial charge < -0.3 is 9.84 Å². The van der Waals surface area contributed by atoms with Gasteiger partial charge in [-0.05, 0) is 56.8 Å². The summed E-state index contributed by atoms with van der Waals surface area (Å²) in [6.45, 7) is 7.55. The number of likely N-dealkylation sites (tertiary alicyclic amines) is 1. The first-order chi connectivity index (χ1) is 9.69. The molecule has 0 spiro atoms. The van der Waals surface area contributed by atoms with Crippen molar-refractivity contribution in [3.05, 3.63) is 29.8 Å². The van der Waals surface area contributed by atoms with E-state index in [1.807, 2.05) is 12.1 Å². The molecule has 2 atom stereocenters. The lowest BCUT2D eigenvalue weighted by Gasteiger charge is -2.36. The molecular weight excluding hydrogens is 250 g/mol. The zero-order chi connectivity index (χ0) is 14.4. The molecule has 1 aromatic carbocycles. The molecule has 1 saturated heterocycles. The van der Waals surface area contributed by atoms with Crippen LogP contribution in [0.1, 0.15) is 38.7 Å². The summed E-state index contributed by atoms with van der Waals surface area (Å²) >= 11 is 0. The van der Waals surface area contributed by atoms with Gasteiger partial charge in [0.05, 0.1) is 6.10 Å². The third-order valence-electron chi connectivity index (χ3n) is 4.06. The summed E-state index contributed by atoms with van der Waals surface area (Å²) < 4.78 is 5.90. The summed E-state index contributed by atoms with van der Waals surface area (Å²) in [5, 5.41) is 9.33. The van der Waals surface area contributed by atoms with Gasteiger partial charge in [-0.25, -0.2) is 0 Å². The van der Waals surface area contributed by atoms with Crippen LogP contribution >= 0.6 is 0 Å². The van der Waals surface area contributed by atoms with Crippen molar-refractivity contribution in [3.63, 3.8) is 0 Å². The van der Waals surface area contributed by atoms with Crippen LogP contribution in [0.25, 0.3) is 0 Å². The molecular formula is C17H27NO2. The van der Waals surface area contributed by atoms with E-state index in [9.17, 15) is 5.11 Å². The van der Waals surface area contributed by atoms with Crippen molar-refractivity contribution in [2.24, 2.45) is 0 Å². The van der Waals surface area contributed by atoms with Gasteiger partial charge in [-0.2, -0.15) is 0 Å². The standard InChI is InChI=1S/C17H27NO2/c1-3-11-20-17-5-4-10-18(13-17)14(2)12-15-6-8-16(19)9-7-15/h6-9,14,17,19H,3-5,10-13H2,1-2H3. The highest BCUT2D eigenvalue weighted by Gasteiger charge is 2.23. The Balaban J connectivity index is 1.84. The van der Waals surface area contributed by atoms with Crippen LogP contribution in [0.2, 0.25) is 0 Å². The highest BCUT2D eigenvalue weighted by molar-refractivity contribution is 5.26. The second-order valence-corrected chi connectivity index (χ2v) is 5.85. The lowest BCUT2D eigenvalue weighted by molar-refractivity contribution is -0.0103. The molecule has 3 heteroatoms. The van der Waals surface area contributed by atoms with Gasteiger partial charge in [-0.15, -0.1) is 0 Å². The third-order valence-corrected chi connectivity index (χ3v) is 4.06. The number of rotatable bonds is 6. The molecule has 2 unspecified atom stereocenters. The molecule has 0 radical (unpaired) electrons. The van der Waals surface area contributed by atoms with E-state index in [0.29, 0.717) is 17.9 Å². The average Bonchev–Trinajstić information content (AvgIpc) is 2.48. The van der Waals surface area contributed by atoms with Crippen LogP contribution in [0.15, 0.2) is 24.3 Å². The molecule has 20 heavy (non-hydrogen) atoms. The number of hydrogen-bond donors (Lipinski definition) is 1. The van der Waals surface area contributed by atoms with Crippen molar-refractivity contribution in [3.8, 4) is 5.75 Å². The number of phenols is 1. The Labute approximate surface area is 122 Å². The molecule has 0 aromatic heterocycles. The fourth-order valence-electron chi connectivity index (χ4n) is 2.89. The van der Waals surface area contributed by atoms with E-state index in [1.54, 1.807) is 12.1 Å². The van der Waals surface area contributed by atoms with Crippen LogP contribution in [0.4, 0.5) is 0 Å². The largest absolute Gasteiger partial charge is 0.508 e. The van der Waals surface area contributed by atoms with Gasteiger partial charge in [0.15, 0.2) is 0 Å². The van der Waals surface area contributed by atoms with Crippen molar-refractivity contribution in [1.29, 1.82) is 0 Å². The van der Waals surface area contributed by atoms with Crippen LogP contribution < -0.4 is 0 Å². The summed E-state index contributed by atoms with van der Waals surface area (Å²) in [5.74, 6) is 0.340. The molecule has 1 heterocycles. The Kier molecular flexibility index (Phi) is 5.86. The topological polar surface area (TPSA) is 32.7 Å². The van der Waals surface area contributed by atoms with Gasteiger partial charge in [-0.1, -0.05) is 19.1 Å². The number of piperidine rings is 1. The van der Waals surface area contributed by atoms with E-state index in [4.69, 9.17) is 4.74 Å². The molecule has 1 N–H and O–H groups in total. The van der Waals surface area contributed by atoms with Gasteiger partial charge >= 0.3 is 0 Å². The minimum absolute atomic E-state index is 0.340. The molecule has 2 rings (SSSR count). The van der Waals surface area contributed by atoms with Crippen LogP contribution in [-0.4, -0.2) is 41.8 Å². The fraction of sp³-hybridized carbons (Fsp3) is 0.647. The van der Waals surface area contributed by atoms with Crippen molar-refractivity contribution in [1.82, 2.24) is 4.90 Å². The maximum atomic E-state index is 9.33. The zero-order valence-corrected chi connectivity index (χ0v) is 12.7. The predicted molar refractivity (Wildman–Crippen MR) is 82.1 cm³/mol. The normalized spacial score (nSPS) is 21.8. The SMILES string of the molecule is CCCOC1CCCN(C(C)Cc2ccc(O)cc2)C1. The van der Waals surface area contributed by atoms with Gasteiger partial charge in [0.2, 0.25) is 0 Å². The number of hydrogen-bond acceptors (Lipinski definition) is 3. The van der Waals surface area contributed by atoms with E-state index in [2.05, 4.69) is 18.7 Å². The first kappa shape index (κ1) is 15.3. The third kappa shape index (κ3) is 4.50. The summed E-state index contributed by atoms with van der Waals surface area (Å²) in [6.07, 6.45) is 4.96. The monoisotopic (exact) mass is 277 g/mol.